The topological polar surface area (TPSA) is 86.0 Å². The maximum Gasteiger partial charge on any atom is 0.160 e. The van der Waals surface area contributed by atoms with Crippen molar-refractivity contribution in [2.75, 3.05) is 27.4 Å². The Morgan fingerprint density at radius 3 is 2.56 bits per heavy atom. The Balaban J connectivity index is 1.43. The van der Waals surface area contributed by atoms with E-state index in [2.05, 4.69) is 17.4 Å². The minimum absolute atomic E-state index is 0.196. The van der Waals surface area contributed by atoms with E-state index in [1.165, 1.54) is 5.56 Å². The second-order valence-electron chi connectivity index (χ2n) is 8.24. The average molecular weight is 467 g/mol. The Bertz CT molecular complexity index is 1060. The molecule has 182 valence electrons. The fourth-order valence-corrected chi connectivity index (χ4v) is 3.49. The van der Waals surface area contributed by atoms with Crippen molar-refractivity contribution < 1.29 is 23.8 Å². The normalized spacial score (nSPS) is 13.1. The molecule has 7 nitrogen and oxygen atoms in total. The van der Waals surface area contributed by atoms with Crippen LogP contribution in [0.25, 0.3) is 12.2 Å². The zero-order valence-corrected chi connectivity index (χ0v) is 20.3. The molecule has 2 unspecified atom stereocenters. The first kappa shape index (κ1) is 25.3. The molecule has 0 radical (unpaired) electrons. The van der Waals surface area contributed by atoms with Gasteiger partial charge in [0, 0.05) is 24.2 Å². The Kier molecular flexibility index (Phi) is 9.55. The number of hydrogen-bond donors (Lipinski definition) is 2. The molecule has 2 N–H and O–H groups in total. The number of aliphatic hydroxyl groups is 1. The third-order valence-corrected chi connectivity index (χ3v) is 5.44. The Morgan fingerprint density at radius 1 is 1.03 bits per heavy atom. The van der Waals surface area contributed by atoms with Crippen molar-refractivity contribution in [2.45, 2.75) is 38.8 Å². The number of aryl methyl sites for hydroxylation is 2. The van der Waals surface area contributed by atoms with Gasteiger partial charge >= 0.3 is 0 Å². The lowest BCUT2D eigenvalue weighted by molar-refractivity contribution is 0.104. The molecule has 0 bridgehead atoms. The smallest absolute Gasteiger partial charge is 0.160 e. The summed E-state index contributed by atoms with van der Waals surface area (Å²) in [5.41, 5.74) is 2.91. The summed E-state index contributed by atoms with van der Waals surface area (Å²) in [7, 11) is 3.27. The summed E-state index contributed by atoms with van der Waals surface area (Å²) < 4.78 is 21.8. The van der Waals surface area contributed by atoms with Crippen LogP contribution < -0.4 is 19.5 Å². The van der Waals surface area contributed by atoms with E-state index in [1.54, 1.807) is 14.2 Å². The van der Waals surface area contributed by atoms with Crippen LogP contribution in [0.4, 0.5) is 0 Å². The number of ether oxygens (including phenoxy) is 3. The Morgan fingerprint density at radius 2 is 1.82 bits per heavy atom. The Labute approximate surface area is 201 Å². The van der Waals surface area contributed by atoms with Gasteiger partial charge < -0.3 is 29.2 Å². The first-order valence-corrected chi connectivity index (χ1v) is 11.4. The molecule has 1 aromatic heterocycles. The van der Waals surface area contributed by atoms with Gasteiger partial charge in [-0.25, -0.2) is 0 Å². The maximum atomic E-state index is 10.4. The SMILES string of the molecule is COc1ccc(CCC(C)NCC(O)COc2ccccc2C=Cc2cc(C)no2)cc1OC. The van der Waals surface area contributed by atoms with Crippen molar-refractivity contribution >= 4 is 12.2 Å². The molecule has 0 saturated heterocycles. The molecular formula is C27H34N2O5. The van der Waals surface area contributed by atoms with Gasteiger partial charge in [-0.15, -0.1) is 0 Å². The number of hydrogen-bond acceptors (Lipinski definition) is 7. The van der Waals surface area contributed by atoms with Crippen LogP contribution in [0.2, 0.25) is 0 Å². The second-order valence-corrected chi connectivity index (χ2v) is 8.24. The highest BCUT2D eigenvalue weighted by Crippen LogP contribution is 2.28. The third-order valence-electron chi connectivity index (χ3n) is 5.44. The van der Waals surface area contributed by atoms with Gasteiger partial charge in [0.1, 0.15) is 18.5 Å². The summed E-state index contributed by atoms with van der Waals surface area (Å²) in [5.74, 6) is 2.85. The van der Waals surface area contributed by atoms with E-state index in [0.29, 0.717) is 18.1 Å². The van der Waals surface area contributed by atoms with E-state index >= 15 is 0 Å². The standard InChI is InChI=1S/C27H34N2O5/c1-19(9-10-21-11-14-26(31-3)27(16-21)32-4)28-17-23(30)18-33-25-8-6-5-7-22(25)12-13-24-15-20(2)29-34-24/h5-8,11-16,19,23,28,30H,9-10,17-18H2,1-4H3. The minimum Gasteiger partial charge on any atom is -0.493 e. The lowest BCUT2D eigenvalue weighted by atomic mass is 10.1. The van der Waals surface area contributed by atoms with Crippen molar-refractivity contribution in [3.8, 4) is 17.2 Å². The minimum atomic E-state index is -0.627. The fraction of sp³-hybridized carbons (Fsp3) is 0.370. The molecule has 2 atom stereocenters. The van der Waals surface area contributed by atoms with Gasteiger partial charge in [0.15, 0.2) is 17.3 Å². The van der Waals surface area contributed by atoms with Gasteiger partial charge in [-0.1, -0.05) is 29.4 Å². The largest absolute Gasteiger partial charge is 0.493 e. The van der Waals surface area contributed by atoms with Gasteiger partial charge in [0.25, 0.3) is 0 Å². The van der Waals surface area contributed by atoms with Crippen molar-refractivity contribution in [2.24, 2.45) is 0 Å². The zero-order chi connectivity index (χ0) is 24.3. The number of para-hydroxylation sites is 1. The molecule has 7 heteroatoms. The summed E-state index contributed by atoms with van der Waals surface area (Å²) in [6.45, 7) is 4.63. The van der Waals surface area contributed by atoms with Crippen LogP contribution in [0.5, 0.6) is 17.2 Å². The molecule has 2 aromatic carbocycles. The third kappa shape index (κ3) is 7.64. The lowest BCUT2D eigenvalue weighted by Crippen LogP contribution is -2.36. The van der Waals surface area contributed by atoms with Crippen LogP contribution in [-0.2, 0) is 6.42 Å². The first-order valence-electron chi connectivity index (χ1n) is 11.4. The van der Waals surface area contributed by atoms with Crippen LogP contribution in [0, 0.1) is 6.92 Å². The van der Waals surface area contributed by atoms with Crippen molar-refractivity contribution in [1.82, 2.24) is 10.5 Å². The van der Waals surface area contributed by atoms with E-state index in [-0.39, 0.29) is 12.6 Å². The van der Waals surface area contributed by atoms with Gasteiger partial charge in [0.2, 0.25) is 0 Å². The van der Waals surface area contributed by atoms with Crippen molar-refractivity contribution in [3.05, 3.63) is 71.1 Å². The molecule has 0 fully saturated rings. The highest BCUT2D eigenvalue weighted by Gasteiger charge is 2.11. The van der Waals surface area contributed by atoms with Crippen molar-refractivity contribution in [1.29, 1.82) is 0 Å². The monoisotopic (exact) mass is 466 g/mol. The molecule has 1 heterocycles. The molecule has 0 aliphatic rings. The van der Waals surface area contributed by atoms with E-state index in [9.17, 15) is 5.11 Å². The van der Waals surface area contributed by atoms with Gasteiger partial charge in [-0.3, -0.25) is 0 Å². The molecule has 0 aliphatic carbocycles. The highest BCUT2D eigenvalue weighted by molar-refractivity contribution is 5.70. The lowest BCUT2D eigenvalue weighted by Gasteiger charge is -2.18. The number of rotatable bonds is 13. The fourth-order valence-electron chi connectivity index (χ4n) is 3.49. The summed E-state index contributed by atoms with van der Waals surface area (Å²) in [6, 6.07) is 15.8. The van der Waals surface area contributed by atoms with E-state index in [4.69, 9.17) is 18.7 Å². The summed E-state index contributed by atoms with van der Waals surface area (Å²) in [6.07, 6.45) is 4.96. The molecule has 34 heavy (non-hydrogen) atoms. The van der Waals surface area contributed by atoms with Crippen LogP contribution in [-0.4, -0.2) is 49.8 Å². The van der Waals surface area contributed by atoms with Gasteiger partial charge in [-0.2, -0.15) is 0 Å². The number of aliphatic hydroxyl groups excluding tert-OH is 1. The first-order chi connectivity index (χ1) is 16.5. The van der Waals surface area contributed by atoms with E-state index in [0.717, 1.165) is 35.6 Å². The molecule has 0 aliphatic heterocycles. The summed E-state index contributed by atoms with van der Waals surface area (Å²) in [5, 5.41) is 17.7. The van der Waals surface area contributed by atoms with Crippen LogP contribution in [0.15, 0.2) is 53.1 Å². The molecule has 3 rings (SSSR count). The number of methoxy groups -OCH3 is 2. The predicted octanol–water partition coefficient (Wildman–Crippen LogP) is 4.52. The van der Waals surface area contributed by atoms with Gasteiger partial charge in [-0.05, 0) is 62.6 Å². The molecular weight excluding hydrogens is 432 g/mol. The number of aromatic nitrogens is 1. The van der Waals surface area contributed by atoms with Crippen LogP contribution >= 0.6 is 0 Å². The quantitative estimate of drug-likeness (QED) is 0.383. The molecule has 0 spiro atoms. The van der Waals surface area contributed by atoms with Crippen molar-refractivity contribution in [3.63, 3.8) is 0 Å². The Hall–Kier alpha value is -3.29. The van der Waals surface area contributed by atoms with Gasteiger partial charge in [0.05, 0.1) is 19.9 Å². The average Bonchev–Trinajstić information content (AvgIpc) is 3.28. The molecule has 0 saturated carbocycles. The molecule has 0 amide bonds. The zero-order valence-electron chi connectivity index (χ0n) is 20.3. The molecule has 3 aromatic rings. The maximum absolute atomic E-state index is 10.4. The van der Waals surface area contributed by atoms with Crippen LogP contribution in [0.3, 0.4) is 0 Å². The second kappa shape index (κ2) is 12.8. The van der Waals surface area contributed by atoms with Crippen LogP contribution in [0.1, 0.15) is 35.9 Å². The summed E-state index contributed by atoms with van der Waals surface area (Å²) >= 11 is 0. The highest BCUT2D eigenvalue weighted by atomic mass is 16.5. The summed E-state index contributed by atoms with van der Waals surface area (Å²) in [4.78, 5) is 0. The predicted molar refractivity (Wildman–Crippen MR) is 133 cm³/mol. The van der Waals surface area contributed by atoms with E-state index < -0.39 is 6.10 Å². The number of nitrogens with one attached hydrogen (secondary N) is 1. The number of nitrogens with zero attached hydrogens (tertiary/aromatic N) is 1. The van der Waals surface area contributed by atoms with E-state index in [1.807, 2.05) is 67.6 Å². The number of benzene rings is 2.